The maximum Gasteiger partial charge on any atom is 0.223 e. The first kappa shape index (κ1) is 9.68. The largest absolute Gasteiger partial charge is 0.353 e. The summed E-state index contributed by atoms with van der Waals surface area (Å²) < 4.78 is 0. The molecule has 0 aromatic rings. The molecule has 0 spiro atoms. The standard InChI is InChI=1S/C13H21NO/c1-3-7(2)14-13(15)12-10-8-4-5-9(6-8)11(10)12/h7-12H,3-6H2,1-2H3,(H,14,15). The number of carbonyl (C=O) groups is 1. The van der Waals surface area contributed by atoms with Gasteiger partial charge in [0.15, 0.2) is 0 Å². The molecule has 3 rings (SSSR count). The smallest absolute Gasteiger partial charge is 0.223 e. The van der Waals surface area contributed by atoms with Crippen LogP contribution in [0.5, 0.6) is 0 Å². The van der Waals surface area contributed by atoms with Crippen LogP contribution in [0.4, 0.5) is 0 Å². The Bertz CT molecular complexity index is 272. The first-order valence-electron chi connectivity index (χ1n) is 6.52. The van der Waals surface area contributed by atoms with Crippen molar-refractivity contribution in [3.8, 4) is 0 Å². The van der Waals surface area contributed by atoms with Gasteiger partial charge in [-0.05, 0) is 56.3 Å². The van der Waals surface area contributed by atoms with Crippen LogP contribution in [0.2, 0.25) is 0 Å². The number of hydrogen-bond acceptors (Lipinski definition) is 1. The van der Waals surface area contributed by atoms with E-state index < -0.39 is 0 Å². The molecule has 1 amide bonds. The zero-order valence-electron chi connectivity index (χ0n) is 9.70. The molecule has 2 heteroatoms. The highest BCUT2D eigenvalue weighted by Crippen LogP contribution is 2.69. The second-order valence-electron chi connectivity index (χ2n) is 5.83. The van der Waals surface area contributed by atoms with Crippen molar-refractivity contribution in [2.24, 2.45) is 29.6 Å². The molecule has 3 aliphatic carbocycles. The summed E-state index contributed by atoms with van der Waals surface area (Å²) >= 11 is 0. The Morgan fingerprint density at radius 2 is 1.93 bits per heavy atom. The van der Waals surface area contributed by atoms with Gasteiger partial charge in [0.1, 0.15) is 0 Å². The number of rotatable bonds is 3. The molecule has 3 saturated carbocycles. The highest BCUT2D eigenvalue weighted by molar-refractivity contribution is 5.83. The monoisotopic (exact) mass is 207 g/mol. The van der Waals surface area contributed by atoms with Gasteiger partial charge in [0, 0.05) is 12.0 Å². The summed E-state index contributed by atoms with van der Waals surface area (Å²) in [5, 5.41) is 3.15. The van der Waals surface area contributed by atoms with Gasteiger partial charge in [0.2, 0.25) is 5.91 Å². The van der Waals surface area contributed by atoms with Crippen molar-refractivity contribution < 1.29 is 4.79 Å². The molecule has 0 saturated heterocycles. The maximum atomic E-state index is 12.0. The van der Waals surface area contributed by atoms with Crippen LogP contribution in [-0.4, -0.2) is 11.9 Å². The van der Waals surface area contributed by atoms with Gasteiger partial charge in [-0.25, -0.2) is 0 Å². The van der Waals surface area contributed by atoms with E-state index in [2.05, 4.69) is 19.2 Å². The summed E-state index contributed by atoms with van der Waals surface area (Å²) in [5.41, 5.74) is 0. The van der Waals surface area contributed by atoms with E-state index in [1.807, 2.05) is 0 Å². The molecule has 2 bridgehead atoms. The van der Waals surface area contributed by atoms with Crippen LogP contribution < -0.4 is 5.32 Å². The van der Waals surface area contributed by atoms with Gasteiger partial charge in [-0.1, -0.05) is 6.92 Å². The highest BCUT2D eigenvalue weighted by atomic mass is 16.2. The van der Waals surface area contributed by atoms with Crippen molar-refractivity contribution in [3.05, 3.63) is 0 Å². The number of hydrogen-bond donors (Lipinski definition) is 1. The van der Waals surface area contributed by atoms with Gasteiger partial charge in [0.25, 0.3) is 0 Å². The fourth-order valence-corrected chi connectivity index (χ4v) is 4.12. The lowest BCUT2D eigenvalue weighted by molar-refractivity contribution is -0.123. The first-order chi connectivity index (χ1) is 7.22. The highest BCUT2D eigenvalue weighted by Gasteiger charge is 2.67. The Balaban J connectivity index is 1.60. The lowest BCUT2D eigenvalue weighted by Gasteiger charge is -2.13. The Kier molecular flexibility index (Phi) is 2.08. The van der Waals surface area contributed by atoms with E-state index in [1.165, 1.54) is 19.3 Å². The molecule has 3 aliphatic rings. The minimum absolute atomic E-state index is 0.357. The van der Waals surface area contributed by atoms with Crippen molar-refractivity contribution in [3.63, 3.8) is 0 Å². The number of carbonyl (C=O) groups excluding carboxylic acids is 1. The summed E-state index contributed by atoms with van der Waals surface area (Å²) in [6.07, 6.45) is 5.28. The molecule has 0 aromatic heterocycles. The van der Waals surface area contributed by atoms with E-state index in [1.54, 1.807) is 0 Å². The minimum atomic E-state index is 0.357. The molecular weight excluding hydrogens is 186 g/mol. The van der Waals surface area contributed by atoms with Gasteiger partial charge in [0.05, 0.1) is 0 Å². The molecular formula is C13H21NO. The van der Waals surface area contributed by atoms with Crippen molar-refractivity contribution >= 4 is 5.91 Å². The number of amides is 1. The van der Waals surface area contributed by atoms with E-state index in [-0.39, 0.29) is 0 Å². The SMILES string of the molecule is CCC(C)NC(=O)C1C2C3CCC(C3)C12. The maximum absolute atomic E-state index is 12.0. The van der Waals surface area contributed by atoms with Crippen molar-refractivity contribution in [1.29, 1.82) is 0 Å². The van der Waals surface area contributed by atoms with Gasteiger partial charge in [-0.15, -0.1) is 0 Å². The summed E-state index contributed by atoms with van der Waals surface area (Å²) in [6, 6.07) is 0.358. The molecule has 2 nitrogen and oxygen atoms in total. The average molecular weight is 207 g/mol. The molecule has 0 radical (unpaired) electrons. The molecule has 5 unspecified atom stereocenters. The average Bonchev–Trinajstić information content (AvgIpc) is 2.68. The first-order valence-corrected chi connectivity index (χ1v) is 6.52. The minimum Gasteiger partial charge on any atom is -0.353 e. The quantitative estimate of drug-likeness (QED) is 0.755. The predicted octanol–water partition coefficient (Wildman–Crippen LogP) is 2.19. The molecule has 0 aliphatic heterocycles. The zero-order chi connectivity index (χ0) is 10.6. The molecule has 0 aromatic carbocycles. The van der Waals surface area contributed by atoms with Crippen LogP contribution in [0.3, 0.4) is 0 Å². The van der Waals surface area contributed by atoms with Gasteiger partial charge >= 0.3 is 0 Å². The Hall–Kier alpha value is -0.530. The number of nitrogens with one attached hydrogen (secondary N) is 1. The van der Waals surface area contributed by atoms with Crippen LogP contribution in [0.25, 0.3) is 0 Å². The van der Waals surface area contributed by atoms with Crippen molar-refractivity contribution in [2.45, 2.75) is 45.6 Å². The van der Waals surface area contributed by atoms with Crippen LogP contribution in [0, 0.1) is 29.6 Å². The Morgan fingerprint density at radius 3 is 2.47 bits per heavy atom. The summed E-state index contributed by atoms with van der Waals surface area (Å²) in [5.74, 6) is 4.15. The summed E-state index contributed by atoms with van der Waals surface area (Å²) in [4.78, 5) is 12.0. The molecule has 84 valence electrons. The number of fused-ring (bicyclic) bond motifs is 5. The fraction of sp³-hybridized carbons (Fsp3) is 0.923. The summed E-state index contributed by atoms with van der Waals surface area (Å²) in [7, 11) is 0. The van der Waals surface area contributed by atoms with Gasteiger partial charge in [-0.3, -0.25) is 4.79 Å². The molecule has 15 heavy (non-hydrogen) atoms. The lowest BCUT2D eigenvalue weighted by atomic mass is 10.0. The third-order valence-corrected chi connectivity index (χ3v) is 5.04. The van der Waals surface area contributed by atoms with Crippen LogP contribution in [0.1, 0.15) is 39.5 Å². The predicted molar refractivity (Wildman–Crippen MR) is 59.2 cm³/mol. The Morgan fingerprint density at radius 1 is 1.33 bits per heavy atom. The Labute approximate surface area is 91.8 Å². The van der Waals surface area contributed by atoms with Crippen molar-refractivity contribution in [2.75, 3.05) is 0 Å². The zero-order valence-corrected chi connectivity index (χ0v) is 9.70. The van der Waals surface area contributed by atoms with E-state index in [0.717, 1.165) is 30.1 Å². The van der Waals surface area contributed by atoms with E-state index in [0.29, 0.717) is 17.9 Å². The second-order valence-corrected chi connectivity index (χ2v) is 5.83. The normalized spacial score (nSPS) is 47.5. The summed E-state index contributed by atoms with van der Waals surface area (Å²) in [6.45, 7) is 4.23. The van der Waals surface area contributed by atoms with Crippen molar-refractivity contribution in [1.82, 2.24) is 5.32 Å². The fourth-order valence-electron chi connectivity index (χ4n) is 4.12. The van der Waals surface area contributed by atoms with Crippen LogP contribution in [-0.2, 0) is 4.79 Å². The van der Waals surface area contributed by atoms with E-state index in [4.69, 9.17) is 0 Å². The molecule has 0 heterocycles. The molecule has 5 atom stereocenters. The van der Waals surface area contributed by atoms with Gasteiger partial charge < -0.3 is 5.32 Å². The van der Waals surface area contributed by atoms with Gasteiger partial charge in [-0.2, -0.15) is 0 Å². The third-order valence-electron chi connectivity index (χ3n) is 5.04. The topological polar surface area (TPSA) is 29.1 Å². The van der Waals surface area contributed by atoms with Crippen LogP contribution in [0.15, 0.2) is 0 Å². The van der Waals surface area contributed by atoms with Crippen LogP contribution >= 0.6 is 0 Å². The van der Waals surface area contributed by atoms with E-state index in [9.17, 15) is 4.79 Å². The second kappa shape index (κ2) is 3.23. The molecule has 3 fully saturated rings. The third kappa shape index (κ3) is 1.33. The molecule has 1 N–H and O–H groups in total. The lowest BCUT2D eigenvalue weighted by Crippen LogP contribution is -2.34. The van der Waals surface area contributed by atoms with E-state index >= 15 is 0 Å².